The number of aromatic nitrogens is 1. The van der Waals surface area contributed by atoms with E-state index in [1.165, 1.54) is 9.88 Å². The summed E-state index contributed by atoms with van der Waals surface area (Å²) < 4.78 is 0. The molecule has 0 aliphatic carbocycles. The highest BCUT2D eigenvalue weighted by molar-refractivity contribution is 7.11. The average molecular weight is 228 g/mol. The Morgan fingerprint density at radius 1 is 1.53 bits per heavy atom. The maximum Gasteiger partial charge on any atom is 0.0931 e. The van der Waals surface area contributed by atoms with Gasteiger partial charge in [-0.3, -0.25) is 0 Å². The fourth-order valence-corrected chi connectivity index (χ4v) is 2.43. The highest BCUT2D eigenvalue weighted by atomic mass is 32.1. The quantitative estimate of drug-likeness (QED) is 0.781. The van der Waals surface area contributed by atoms with Gasteiger partial charge in [-0.1, -0.05) is 6.92 Å². The maximum absolute atomic E-state index is 8.90. The fourth-order valence-electron chi connectivity index (χ4n) is 1.30. The van der Waals surface area contributed by atoms with Gasteiger partial charge in [0, 0.05) is 17.5 Å². The van der Waals surface area contributed by atoms with Gasteiger partial charge in [-0.15, -0.1) is 11.3 Å². The molecule has 0 saturated heterocycles. The lowest BCUT2D eigenvalue weighted by atomic mass is 10.3. The molecule has 1 atom stereocenters. The zero-order valence-corrected chi connectivity index (χ0v) is 10.5. The molecule has 0 bridgehead atoms. The summed E-state index contributed by atoms with van der Waals surface area (Å²) in [5.74, 6) is 0. The zero-order chi connectivity index (χ0) is 11.3. The first-order valence-corrected chi connectivity index (χ1v) is 6.28. The Morgan fingerprint density at radius 3 is 2.87 bits per heavy atom. The summed E-state index contributed by atoms with van der Waals surface area (Å²) in [6, 6.07) is 0.154. The van der Waals surface area contributed by atoms with Crippen LogP contribution in [0.25, 0.3) is 0 Å². The summed E-state index contributed by atoms with van der Waals surface area (Å²) in [6.07, 6.45) is 2.22. The molecule has 4 heteroatoms. The first-order chi connectivity index (χ1) is 7.17. The Bertz CT molecular complexity index is 299. The van der Waals surface area contributed by atoms with E-state index in [4.69, 9.17) is 5.11 Å². The van der Waals surface area contributed by atoms with Crippen molar-refractivity contribution in [3.63, 3.8) is 0 Å². The van der Waals surface area contributed by atoms with Gasteiger partial charge in [-0.05, 0) is 26.7 Å². The molecule has 0 amide bonds. The normalized spacial score (nSPS) is 13.1. The van der Waals surface area contributed by atoms with Gasteiger partial charge < -0.3 is 10.4 Å². The van der Waals surface area contributed by atoms with Crippen molar-refractivity contribution in [1.29, 1.82) is 0 Å². The van der Waals surface area contributed by atoms with Crippen LogP contribution in [0, 0.1) is 6.92 Å². The van der Waals surface area contributed by atoms with E-state index in [0.29, 0.717) is 0 Å². The van der Waals surface area contributed by atoms with Crippen LogP contribution < -0.4 is 5.32 Å². The summed E-state index contributed by atoms with van der Waals surface area (Å²) in [4.78, 5) is 5.81. The van der Waals surface area contributed by atoms with E-state index in [2.05, 4.69) is 24.1 Å². The molecule has 3 nitrogen and oxygen atoms in total. The van der Waals surface area contributed by atoms with E-state index in [9.17, 15) is 0 Å². The number of hydrogen-bond acceptors (Lipinski definition) is 4. The molecule has 0 radical (unpaired) electrons. The molecule has 0 fully saturated rings. The fraction of sp³-hybridized carbons (Fsp3) is 0.727. The van der Waals surface area contributed by atoms with Crippen molar-refractivity contribution in [2.24, 2.45) is 0 Å². The smallest absolute Gasteiger partial charge is 0.0931 e. The van der Waals surface area contributed by atoms with E-state index in [-0.39, 0.29) is 12.6 Å². The molecule has 1 heterocycles. The van der Waals surface area contributed by atoms with E-state index in [1.54, 1.807) is 11.3 Å². The Morgan fingerprint density at radius 2 is 2.27 bits per heavy atom. The zero-order valence-electron chi connectivity index (χ0n) is 9.71. The summed E-state index contributed by atoms with van der Waals surface area (Å²) >= 11 is 1.78. The number of thiazole rings is 1. The van der Waals surface area contributed by atoms with Crippen molar-refractivity contribution >= 4 is 11.3 Å². The predicted octanol–water partition coefficient (Wildman–Crippen LogP) is 1.87. The number of rotatable bonds is 6. The third-order valence-corrected chi connectivity index (χ3v) is 3.50. The summed E-state index contributed by atoms with van der Waals surface area (Å²) in [5.41, 5.74) is 1.13. The number of aliphatic hydroxyl groups excluding tert-OH is 1. The van der Waals surface area contributed by atoms with Gasteiger partial charge in [0.05, 0.1) is 17.3 Å². The lowest BCUT2D eigenvalue weighted by molar-refractivity contribution is 0.251. The third kappa shape index (κ3) is 3.89. The number of hydrogen-bond donors (Lipinski definition) is 2. The van der Waals surface area contributed by atoms with Crippen LogP contribution in [0.4, 0.5) is 0 Å². The second kappa shape index (κ2) is 6.20. The van der Waals surface area contributed by atoms with Gasteiger partial charge in [0.15, 0.2) is 0 Å². The minimum absolute atomic E-state index is 0.154. The van der Waals surface area contributed by atoms with Crippen molar-refractivity contribution in [1.82, 2.24) is 10.3 Å². The lowest BCUT2D eigenvalue weighted by Crippen LogP contribution is -2.28. The molecule has 0 aromatic carbocycles. The topological polar surface area (TPSA) is 45.2 Å². The Balaban J connectivity index is 2.53. The van der Waals surface area contributed by atoms with Crippen LogP contribution in [0.5, 0.6) is 0 Å². The van der Waals surface area contributed by atoms with E-state index in [0.717, 1.165) is 25.1 Å². The number of aryl methyl sites for hydroxylation is 2. The van der Waals surface area contributed by atoms with Crippen LogP contribution in [0.15, 0.2) is 0 Å². The van der Waals surface area contributed by atoms with Gasteiger partial charge in [-0.2, -0.15) is 0 Å². The van der Waals surface area contributed by atoms with E-state index in [1.807, 2.05) is 6.92 Å². The number of aliphatic hydroxyl groups is 1. The molecule has 86 valence electrons. The SMILES string of the molecule is CCCc1nc(C)c(CN[C@H](C)CO)s1. The number of nitrogens with one attached hydrogen (secondary N) is 1. The minimum atomic E-state index is 0.154. The second-order valence-electron chi connectivity index (χ2n) is 3.83. The Labute approximate surface area is 95.6 Å². The van der Waals surface area contributed by atoms with Gasteiger partial charge >= 0.3 is 0 Å². The molecule has 0 spiro atoms. The van der Waals surface area contributed by atoms with Crippen LogP contribution in [0.2, 0.25) is 0 Å². The van der Waals surface area contributed by atoms with Gasteiger partial charge in [0.1, 0.15) is 0 Å². The van der Waals surface area contributed by atoms with Crippen LogP contribution in [-0.4, -0.2) is 22.7 Å². The first-order valence-electron chi connectivity index (χ1n) is 5.46. The summed E-state index contributed by atoms with van der Waals surface area (Å²) in [6.45, 7) is 7.19. The Hall–Kier alpha value is -0.450. The largest absolute Gasteiger partial charge is 0.395 e. The molecular weight excluding hydrogens is 208 g/mol. The molecule has 0 saturated carbocycles. The second-order valence-corrected chi connectivity index (χ2v) is 5.00. The van der Waals surface area contributed by atoms with Crippen molar-refractivity contribution in [3.8, 4) is 0 Å². The number of nitrogens with zero attached hydrogens (tertiary/aromatic N) is 1. The third-order valence-electron chi connectivity index (χ3n) is 2.29. The van der Waals surface area contributed by atoms with Gasteiger partial charge in [-0.25, -0.2) is 4.98 Å². The first kappa shape index (κ1) is 12.6. The minimum Gasteiger partial charge on any atom is -0.395 e. The molecular formula is C11H20N2OS. The molecule has 15 heavy (non-hydrogen) atoms. The van der Waals surface area contributed by atoms with Crippen molar-refractivity contribution in [2.75, 3.05) is 6.61 Å². The standard InChI is InChI=1S/C11H20N2OS/c1-4-5-11-13-9(3)10(15-11)6-12-8(2)7-14/h8,12,14H,4-7H2,1-3H3/t8-/m1/s1. The maximum atomic E-state index is 8.90. The lowest BCUT2D eigenvalue weighted by Gasteiger charge is -2.08. The van der Waals surface area contributed by atoms with Crippen molar-refractivity contribution in [3.05, 3.63) is 15.6 Å². The molecule has 0 unspecified atom stereocenters. The summed E-state index contributed by atoms with van der Waals surface area (Å²) in [7, 11) is 0. The van der Waals surface area contributed by atoms with E-state index >= 15 is 0 Å². The molecule has 1 aromatic heterocycles. The average Bonchev–Trinajstić information content (AvgIpc) is 2.56. The van der Waals surface area contributed by atoms with Crippen LogP contribution >= 0.6 is 11.3 Å². The monoisotopic (exact) mass is 228 g/mol. The Kier molecular flexibility index (Phi) is 5.22. The highest BCUT2D eigenvalue weighted by Crippen LogP contribution is 2.19. The summed E-state index contributed by atoms with van der Waals surface area (Å²) in [5, 5.41) is 13.4. The predicted molar refractivity (Wildman–Crippen MR) is 64.2 cm³/mol. The van der Waals surface area contributed by atoms with E-state index < -0.39 is 0 Å². The molecule has 1 rings (SSSR count). The van der Waals surface area contributed by atoms with Crippen LogP contribution in [-0.2, 0) is 13.0 Å². The van der Waals surface area contributed by atoms with Crippen LogP contribution in [0.3, 0.4) is 0 Å². The molecule has 0 aliphatic rings. The van der Waals surface area contributed by atoms with Crippen molar-refractivity contribution in [2.45, 2.75) is 46.2 Å². The molecule has 0 aliphatic heterocycles. The molecule has 1 aromatic rings. The molecule has 2 N–H and O–H groups in total. The van der Waals surface area contributed by atoms with Gasteiger partial charge in [0.2, 0.25) is 0 Å². The van der Waals surface area contributed by atoms with Gasteiger partial charge in [0.25, 0.3) is 0 Å². The van der Waals surface area contributed by atoms with Crippen molar-refractivity contribution < 1.29 is 5.11 Å². The van der Waals surface area contributed by atoms with Crippen LogP contribution in [0.1, 0.15) is 35.8 Å². The highest BCUT2D eigenvalue weighted by Gasteiger charge is 2.07.